The molecule has 0 bridgehead atoms. The molecular formula is C12H15NO3. The number of benzene rings is 1. The Balaban J connectivity index is 1.97. The molecule has 1 aromatic rings. The van der Waals surface area contributed by atoms with Gasteiger partial charge in [0.2, 0.25) is 0 Å². The summed E-state index contributed by atoms with van der Waals surface area (Å²) < 4.78 is 10.9. The molecule has 1 aliphatic heterocycles. The first-order chi connectivity index (χ1) is 7.75. The molecule has 0 saturated carbocycles. The summed E-state index contributed by atoms with van der Waals surface area (Å²) in [5, 5.41) is 3.06. The number of hydrogen-bond donors (Lipinski definition) is 1. The molecule has 0 amide bonds. The van der Waals surface area contributed by atoms with Gasteiger partial charge in [-0.3, -0.25) is 4.79 Å². The number of carbonyl (C=O) groups excluding carboxylic acids is 1. The van der Waals surface area contributed by atoms with E-state index in [4.69, 9.17) is 9.47 Å². The standard InChI is InChI=1S/C12H15NO3/c1-9(14)7-13-8-10-2-3-11-12(6-10)16-5-4-15-11/h2-3,6,13H,4-5,7-8H2,1H3. The molecule has 4 nitrogen and oxygen atoms in total. The highest BCUT2D eigenvalue weighted by atomic mass is 16.6. The summed E-state index contributed by atoms with van der Waals surface area (Å²) in [6.45, 7) is 3.83. The minimum Gasteiger partial charge on any atom is -0.486 e. The molecule has 1 heterocycles. The molecule has 0 spiro atoms. The van der Waals surface area contributed by atoms with Gasteiger partial charge in [0.25, 0.3) is 0 Å². The van der Waals surface area contributed by atoms with E-state index in [-0.39, 0.29) is 5.78 Å². The number of ketones is 1. The summed E-state index contributed by atoms with van der Waals surface area (Å²) in [7, 11) is 0. The van der Waals surface area contributed by atoms with Crippen LogP contribution in [0.5, 0.6) is 11.5 Å². The van der Waals surface area contributed by atoms with Crippen molar-refractivity contribution in [2.75, 3.05) is 19.8 Å². The Bertz CT molecular complexity index is 390. The van der Waals surface area contributed by atoms with Crippen LogP contribution in [0.15, 0.2) is 18.2 Å². The zero-order valence-corrected chi connectivity index (χ0v) is 9.29. The second-order valence-corrected chi connectivity index (χ2v) is 3.78. The Morgan fingerprint density at radius 3 is 2.81 bits per heavy atom. The van der Waals surface area contributed by atoms with Gasteiger partial charge < -0.3 is 14.8 Å². The van der Waals surface area contributed by atoms with Crippen LogP contribution in [0.4, 0.5) is 0 Å². The Labute approximate surface area is 94.6 Å². The fourth-order valence-corrected chi connectivity index (χ4v) is 1.58. The lowest BCUT2D eigenvalue weighted by atomic mass is 10.2. The minimum atomic E-state index is 0.137. The van der Waals surface area contributed by atoms with Crippen LogP contribution in [0.3, 0.4) is 0 Å². The van der Waals surface area contributed by atoms with Gasteiger partial charge in [0.05, 0.1) is 6.54 Å². The number of nitrogens with one attached hydrogen (secondary N) is 1. The van der Waals surface area contributed by atoms with Crippen LogP contribution in [-0.2, 0) is 11.3 Å². The van der Waals surface area contributed by atoms with Crippen LogP contribution in [0.2, 0.25) is 0 Å². The van der Waals surface area contributed by atoms with Gasteiger partial charge in [-0.15, -0.1) is 0 Å². The molecule has 86 valence electrons. The first-order valence-electron chi connectivity index (χ1n) is 5.34. The second kappa shape index (κ2) is 4.99. The van der Waals surface area contributed by atoms with Gasteiger partial charge in [-0.05, 0) is 24.6 Å². The summed E-state index contributed by atoms with van der Waals surface area (Å²) in [5.41, 5.74) is 1.09. The maximum absolute atomic E-state index is 10.8. The van der Waals surface area contributed by atoms with Gasteiger partial charge >= 0.3 is 0 Å². The van der Waals surface area contributed by atoms with Crippen LogP contribution in [-0.4, -0.2) is 25.5 Å². The molecule has 1 aromatic carbocycles. The summed E-state index contributed by atoms with van der Waals surface area (Å²) in [6.07, 6.45) is 0. The average Bonchev–Trinajstić information content (AvgIpc) is 2.28. The van der Waals surface area contributed by atoms with E-state index in [0.717, 1.165) is 17.1 Å². The molecular weight excluding hydrogens is 206 g/mol. The zero-order valence-electron chi connectivity index (χ0n) is 9.29. The maximum Gasteiger partial charge on any atom is 0.161 e. The van der Waals surface area contributed by atoms with Crippen molar-refractivity contribution < 1.29 is 14.3 Å². The monoisotopic (exact) mass is 221 g/mol. The van der Waals surface area contributed by atoms with Crippen molar-refractivity contribution in [1.29, 1.82) is 0 Å². The lowest BCUT2D eigenvalue weighted by molar-refractivity contribution is -0.116. The largest absolute Gasteiger partial charge is 0.486 e. The van der Waals surface area contributed by atoms with Gasteiger partial charge in [0.15, 0.2) is 11.5 Å². The van der Waals surface area contributed by atoms with E-state index < -0.39 is 0 Å². The number of fused-ring (bicyclic) bond motifs is 1. The normalized spacial score (nSPS) is 13.6. The van der Waals surface area contributed by atoms with Crippen molar-refractivity contribution in [2.24, 2.45) is 0 Å². The summed E-state index contributed by atoms with van der Waals surface area (Å²) in [6, 6.07) is 5.82. The van der Waals surface area contributed by atoms with E-state index in [0.29, 0.717) is 26.3 Å². The van der Waals surface area contributed by atoms with Crippen molar-refractivity contribution >= 4 is 5.78 Å². The van der Waals surface area contributed by atoms with Crippen LogP contribution >= 0.6 is 0 Å². The number of Topliss-reactive ketones (excluding diaryl/α,β-unsaturated/α-hetero) is 1. The fourth-order valence-electron chi connectivity index (χ4n) is 1.58. The Morgan fingerprint density at radius 2 is 2.06 bits per heavy atom. The summed E-state index contributed by atoms with van der Waals surface area (Å²) in [5.74, 6) is 1.72. The van der Waals surface area contributed by atoms with Crippen LogP contribution in [0.25, 0.3) is 0 Å². The van der Waals surface area contributed by atoms with Gasteiger partial charge in [-0.1, -0.05) is 6.07 Å². The molecule has 0 saturated heterocycles. The van der Waals surface area contributed by atoms with E-state index in [1.807, 2.05) is 18.2 Å². The summed E-state index contributed by atoms with van der Waals surface area (Å²) >= 11 is 0. The first kappa shape index (κ1) is 11.0. The third kappa shape index (κ3) is 2.73. The van der Waals surface area contributed by atoms with E-state index in [1.54, 1.807) is 6.92 Å². The van der Waals surface area contributed by atoms with E-state index >= 15 is 0 Å². The first-order valence-corrected chi connectivity index (χ1v) is 5.34. The Hall–Kier alpha value is -1.55. The third-order valence-corrected chi connectivity index (χ3v) is 2.31. The Kier molecular flexibility index (Phi) is 3.41. The lowest BCUT2D eigenvalue weighted by Crippen LogP contribution is -2.20. The molecule has 1 N–H and O–H groups in total. The van der Waals surface area contributed by atoms with Crippen LogP contribution in [0, 0.1) is 0 Å². The molecule has 16 heavy (non-hydrogen) atoms. The van der Waals surface area contributed by atoms with Crippen molar-refractivity contribution in [3.63, 3.8) is 0 Å². The lowest BCUT2D eigenvalue weighted by Gasteiger charge is -2.18. The highest BCUT2D eigenvalue weighted by Crippen LogP contribution is 2.30. The second-order valence-electron chi connectivity index (χ2n) is 3.78. The van der Waals surface area contributed by atoms with Crippen LogP contribution in [0.1, 0.15) is 12.5 Å². The zero-order chi connectivity index (χ0) is 11.4. The van der Waals surface area contributed by atoms with Crippen molar-refractivity contribution in [3.05, 3.63) is 23.8 Å². The fraction of sp³-hybridized carbons (Fsp3) is 0.417. The molecule has 2 rings (SSSR count). The van der Waals surface area contributed by atoms with Crippen molar-refractivity contribution in [1.82, 2.24) is 5.32 Å². The maximum atomic E-state index is 10.8. The molecule has 0 radical (unpaired) electrons. The molecule has 1 aliphatic rings. The van der Waals surface area contributed by atoms with Crippen molar-refractivity contribution in [2.45, 2.75) is 13.5 Å². The molecule has 4 heteroatoms. The number of ether oxygens (including phenoxy) is 2. The minimum absolute atomic E-state index is 0.137. The molecule has 0 aliphatic carbocycles. The van der Waals surface area contributed by atoms with E-state index in [2.05, 4.69) is 5.32 Å². The highest BCUT2D eigenvalue weighted by Gasteiger charge is 2.11. The molecule has 0 fully saturated rings. The average molecular weight is 221 g/mol. The quantitative estimate of drug-likeness (QED) is 0.828. The highest BCUT2D eigenvalue weighted by molar-refractivity contribution is 5.77. The Morgan fingerprint density at radius 1 is 1.31 bits per heavy atom. The van der Waals surface area contributed by atoms with E-state index in [1.165, 1.54) is 0 Å². The van der Waals surface area contributed by atoms with Gasteiger partial charge in [-0.2, -0.15) is 0 Å². The van der Waals surface area contributed by atoms with Crippen molar-refractivity contribution in [3.8, 4) is 11.5 Å². The third-order valence-electron chi connectivity index (χ3n) is 2.31. The predicted molar refractivity (Wildman–Crippen MR) is 59.8 cm³/mol. The van der Waals surface area contributed by atoms with Gasteiger partial charge in [0, 0.05) is 6.54 Å². The predicted octanol–water partition coefficient (Wildman–Crippen LogP) is 1.14. The van der Waals surface area contributed by atoms with E-state index in [9.17, 15) is 4.79 Å². The number of carbonyl (C=O) groups is 1. The SMILES string of the molecule is CC(=O)CNCc1ccc2c(c1)OCCO2. The molecule has 0 atom stereocenters. The smallest absolute Gasteiger partial charge is 0.161 e. The molecule has 0 unspecified atom stereocenters. The van der Waals surface area contributed by atoms with Crippen LogP contribution < -0.4 is 14.8 Å². The number of hydrogen-bond acceptors (Lipinski definition) is 4. The topological polar surface area (TPSA) is 47.6 Å². The molecule has 0 aromatic heterocycles. The van der Waals surface area contributed by atoms with Gasteiger partial charge in [0.1, 0.15) is 19.0 Å². The summed E-state index contributed by atoms with van der Waals surface area (Å²) in [4.78, 5) is 10.8. The van der Waals surface area contributed by atoms with Gasteiger partial charge in [-0.25, -0.2) is 0 Å². The number of rotatable bonds is 4.